The van der Waals surface area contributed by atoms with Gasteiger partial charge in [0.2, 0.25) is 11.6 Å². The highest BCUT2D eigenvalue weighted by Crippen LogP contribution is 2.23. The van der Waals surface area contributed by atoms with Crippen molar-refractivity contribution in [3.8, 4) is 22.9 Å². The van der Waals surface area contributed by atoms with Gasteiger partial charge in [-0.25, -0.2) is 9.48 Å². The number of nitrogens with zero attached hydrogens (tertiary/aromatic N) is 4. The molecule has 0 unspecified atom stereocenters. The van der Waals surface area contributed by atoms with Crippen molar-refractivity contribution in [3.63, 3.8) is 0 Å². The minimum atomic E-state index is -0.562. The summed E-state index contributed by atoms with van der Waals surface area (Å²) in [7, 11) is 0. The predicted molar refractivity (Wildman–Crippen MR) is 108 cm³/mol. The highest BCUT2D eigenvalue weighted by atomic mass is 16.5. The lowest BCUT2D eigenvalue weighted by Gasteiger charge is -2.03. The van der Waals surface area contributed by atoms with Gasteiger partial charge in [0.1, 0.15) is 0 Å². The fourth-order valence-electron chi connectivity index (χ4n) is 2.78. The zero-order valence-corrected chi connectivity index (χ0v) is 16.6. The smallest absolute Gasteiger partial charge is 0.362 e. The Balaban J connectivity index is 1.54. The molecule has 0 radical (unpaired) electrons. The van der Waals surface area contributed by atoms with Crippen LogP contribution < -0.4 is 4.74 Å². The topological polar surface area (TPSA) is 92.3 Å². The van der Waals surface area contributed by atoms with E-state index in [-0.39, 0.29) is 30.5 Å². The van der Waals surface area contributed by atoms with Gasteiger partial charge in [0, 0.05) is 5.56 Å². The van der Waals surface area contributed by atoms with E-state index >= 15 is 0 Å². The third-order valence-electron chi connectivity index (χ3n) is 4.29. The first-order chi connectivity index (χ1) is 14.6. The van der Waals surface area contributed by atoms with Gasteiger partial charge in [-0.15, -0.1) is 10.2 Å². The van der Waals surface area contributed by atoms with Crippen LogP contribution >= 0.6 is 0 Å². The number of carbonyl (C=O) groups excluding carboxylic acids is 1. The highest BCUT2D eigenvalue weighted by Gasteiger charge is 2.21. The number of hydrogen-bond donors (Lipinski definition) is 0. The third kappa shape index (κ3) is 4.22. The number of benzene rings is 2. The summed E-state index contributed by atoms with van der Waals surface area (Å²) in [6.07, 6.45) is 1.62. The molecule has 0 bridgehead atoms. The number of rotatable bonds is 7. The monoisotopic (exact) mass is 404 g/mol. The number of para-hydroxylation sites is 1. The van der Waals surface area contributed by atoms with Crippen LogP contribution in [0.4, 0.5) is 0 Å². The van der Waals surface area contributed by atoms with Gasteiger partial charge >= 0.3 is 5.97 Å². The predicted octanol–water partition coefficient (Wildman–Crippen LogP) is 3.99. The Bertz CT molecular complexity index is 1130. The van der Waals surface area contributed by atoms with E-state index in [0.29, 0.717) is 5.89 Å². The zero-order chi connectivity index (χ0) is 20.9. The molecule has 30 heavy (non-hydrogen) atoms. The number of hydrogen-bond acceptors (Lipinski definition) is 7. The molecule has 0 aliphatic carbocycles. The van der Waals surface area contributed by atoms with Crippen LogP contribution in [-0.4, -0.2) is 32.6 Å². The van der Waals surface area contributed by atoms with E-state index in [1.54, 1.807) is 17.8 Å². The first-order valence-electron chi connectivity index (χ1n) is 9.48. The number of ether oxygens (including phenoxy) is 2. The first-order valence-corrected chi connectivity index (χ1v) is 9.48. The van der Waals surface area contributed by atoms with Gasteiger partial charge in [0.25, 0.3) is 5.89 Å². The van der Waals surface area contributed by atoms with E-state index in [4.69, 9.17) is 13.9 Å². The van der Waals surface area contributed by atoms with Crippen molar-refractivity contribution in [2.75, 3.05) is 6.61 Å². The molecule has 2 aromatic heterocycles. The molecule has 8 nitrogen and oxygen atoms in total. The van der Waals surface area contributed by atoms with Gasteiger partial charge in [-0.2, -0.15) is 5.10 Å². The second kappa shape index (κ2) is 8.60. The Kier molecular flexibility index (Phi) is 5.56. The molecular weight excluding hydrogens is 384 g/mol. The molecule has 0 amide bonds. The molecule has 0 spiro atoms. The van der Waals surface area contributed by atoms with Gasteiger partial charge < -0.3 is 13.9 Å². The Morgan fingerprint density at radius 3 is 2.57 bits per heavy atom. The Hall–Kier alpha value is -3.94. The second-order valence-corrected chi connectivity index (χ2v) is 6.50. The highest BCUT2D eigenvalue weighted by molar-refractivity contribution is 5.90. The molecule has 4 rings (SSSR count). The Labute approximate surface area is 173 Å². The molecule has 8 heteroatoms. The summed E-state index contributed by atoms with van der Waals surface area (Å²) in [4.78, 5) is 12.3. The lowest BCUT2D eigenvalue weighted by molar-refractivity contribution is 0.0513. The summed E-state index contributed by atoms with van der Waals surface area (Å²) in [6.45, 7) is 3.97. The van der Waals surface area contributed by atoms with Crippen molar-refractivity contribution >= 4 is 5.97 Å². The number of aromatic nitrogens is 4. The van der Waals surface area contributed by atoms with Crippen molar-refractivity contribution in [3.05, 3.63) is 77.9 Å². The van der Waals surface area contributed by atoms with Crippen LogP contribution in [0.3, 0.4) is 0 Å². The Morgan fingerprint density at radius 1 is 1.07 bits per heavy atom. The summed E-state index contributed by atoms with van der Waals surface area (Å²) in [5.41, 5.74) is 2.84. The van der Waals surface area contributed by atoms with Crippen LogP contribution in [0, 0.1) is 6.92 Å². The van der Waals surface area contributed by atoms with Gasteiger partial charge in [-0.3, -0.25) is 0 Å². The quantitative estimate of drug-likeness (QED) is 0.430. The van der Waals surface area contributed by atoms with Gasteiger partial charge in [-0.05, 0) is 38.1 Å². The van der Waals surface area contributed by atoms with Crippen LogP contribution in [0.25, 0.3) is 17.1 Å². The summed E-state index contributed by atoms with van der Waals surface area (Å²) in [6, 6.07) is 17.2. The number of aryl methyl sites for hydroxylation is 1. The minimum Gasteiger partial charge on any atom is -0.480 e. The van der Waals surface area contributed by atoms with E-state index in [2.05, 4.69) is 15.3 Å². The van der Waals surface area contributed by atoms with Crippen molar-refractivity contribution in [2.24, 2.45) is 0 Å². The summed E-state index contributed by atoms with van der Waals surface area (Å²) in [5, 5.41) is 12.4. The SMILES string of the molecule is CCOC(=O)c1nn(-c2ccccc2)cc1OCc1nnc(-c2ccc(C)cc2)o1. The molecule has 0 aliphatic rings. The maximum absolute atomic E-state index is 12.3. The Morgan fingerprint density at radius 2 is 1.83 bits per heavy atom. The van der Waals surface area contributed by atoms with E-state index < -0.39 is 5.97 Å². The van der Waals surface area contributed by atoms with Crippen LogP contribution in [-0.2, 0) is 11.3 Å². The lowest BCUT2D eigenvalue weighted by Crippen LogP contribution is -2.08. The van der Waals surface area contributed by atoms with Gasteiger partial charge in [0.15, 0.2) is 12.4 Å². The van der Waals surface area contributed by atoms with Crippen LogP contribution in [0.2, 0.25) is 0 Å². The summed E-state index contributed by atoms with van der Waals surface area (Å²) >= 11 is 0. The van der Waals surface area contributed by atoms with Crippen LogP contribution in [0.1, 0.15) is 28.9 Å². The normalized spacial score (nSPS) is 10.7. The van der Waals surface area contributed by atoms with Gasteiger partial charge in [-0.1, -0.05) is 35.9 Å². The zero-order valence-electron chi connectivity index (χ0n) is 16.6. The fourth-order valence-corrected chi connectivity index (χ4v) is 2.78. The van der Waals surface area contributed by atoms with Crippen molar-refractivity contribution in [2.45, 2.75) is 20.5 Å². The average Bonchev–Trinajstić information content (AvgIpc) is 3.41. The van der Waals surface area contributed by atoms with E-state index in [1.165, 1.54) is 0 Å². The summed E-state index contributed by atoms with van der Waals surface area (Å²) < 4.78 is 18.1. The number of carbonyl (C=O) groups is 1. The van der Waals surface area contributed by atoms with Crippen LogP contribution in [0.15, 0.2) is 65.2 Å². The van der Waals surface area contributed by atoms with E-state index in [0.717, 1.165) is 16.8 Å². The molecule has 2 aromatic carbocycles. The number of esters is 1. The first kappa shape index (κ1) is 19.4. The standard InChI is InChI=1S/C22H20N4O4/c1-3-28-22(27)20-18(13-26(25-20)17-7-5-4-6-8-17)29-14-19-23-24-21(30-19)16-11-9-15(2)10-12-16/h4-13H,3,14H2,1-2H3. The molecule has 0 saturated heterocycles. The van der Waals surface area contributed by atoms with Crippen molar-refractivity contribution in [1.82, 2.24) is 20.0 Å². The molecule has 0 fully saturated rings. The van der Waals surface area contributed by atoms with E-state index in [9.17, 15) is 4.79 Å². The third-order valence-corrected chi connectivity index (χ3v) is 4.29. The molecule has 0 saturated carbocycles. The molecule has 0 aliphatic heterocycles. The molecule has 2 heterocycles. The molecule has 0 atom stereocenters. The maximum Gasteiger partial charge on any atom is 0.362 e. The largest absolute Gasteiger partial charge is 0.480 e. The summed E-state index contributed by atoms with van der Waals surface area (Å²) in [5.74, 6) is 0.396. The lowest BCUT2D eigenvalue weighted by atomic mass is 10.1. The fraction of sp³-hybridized carbons (Fsp3) is 0.182. The molecule has 4 aromatic rings. The second-order valence-electron chi connectivity index (χ2n) is 6.50. The van der Waals surface area contributed by atoms with Crippen molar-refractivity contribution in [1.29, 1.82) is 0 Å². The van der Waals surface area contributed by atoms with Gasteiger partial charge in [0.05, 0.1) is 18.5 Å². The molecule has 152 valence electrons. The minimum absolute atomic E-state index is 0.00819. The maximum atomic E-state index is 12.3. The molecule has 0 N–H and O–H groups in total. The van der Waals surface area contributed by atoms with Crippen molar-refractivity contribution < 1.29 is 18.7 Å². The van der Waals surface area contributed by atoms with E-state index in [1.807, 2.05) is 61.5 Å². The van der Waals surface area contributed by atoms with Crippen LogP contribution in [0.5, 0.6) is 5.75 Å². The average molecular weight is 404 g/mol. The molecular formula is C22H20N4O4.